The molecule has 0 fully saturated rings. The third-order valence-electron chi connectivity index (χ3n) is 3.66. The number of carbonyl (C=O) groups excluding carboxylic acids is 1. The normalized spacial score (nSPS) is 10.8. The molecule has 4 rings (SSSR count). The highest BCUT2D eigenvalue weighted by molar-refractivity contribution is 5.93. The molecule has 128 valence electrons. The van der Waals surface area contributed by atoms with Gasteiger partial charge in [-0.05, 0) is 24.3 Å². The highest BCUT2D eigenvalue weighted by Crippen LogP contribution is 2.19. The van der Waals surface area contributed by atoms with E-state index in [4.69, 9.17) is 4.52 Å². The molecule has 1 N–H and O–H groups in total. The van der Waals surface area contributed by atoms with E-state index in [0.717, 1.165) is 0 Å². The van der Waals surface area contributed by atoms with Crippen LogP contribution in [0.5, 0.6) is 0 Å². The van der Waals surface area contributed by atoms with Gasteiger partial charge in [0.2, 0.25) is 11.7 Å². The van der Waals surface area contributed by atoms with Crippen LogP contribution in [0.4, 0.5) is 4.39 Å². The Morgan fingerprint density at radius 2 is 1.81 bits per heavy atom. The summed E-state index contributed by atoms with van der Waals surface area (Å²) >= 11 is 0. The number of hydrogen-bond acceptors (Lipinski definition) is 6. The Morgan fingerprint density at radius 3 is 2.65 bits per heavy atom. The van der Waals surface area contributed by atoms with Crippen LogP contribution in [0.3, 0.4) is 0 Å². The quantitative estimate of drug-likeness (QED) is 0.609. The zero-order chi connectivity index (χ0) is 17.9. The van der Waals surface area contributed by atoms with Crippen molar-refractivity contribution < 1.29 is 13.7 Å². The summed E-state index contributed by atoms with van der Waals surface area (Å²) in [4.78, 5) is 24.8. The first kappa shape index (κ1) is 15.8. The smallest absolute Gasteiger partial charge is 0.271 e. The van der Waals surface area contributed by atoms with Crippen molar-refractivity contribution in [2.75, 3.05) is 0 Å². The molecule has 0 aliphatic rings. The van der Waals surface area contributed by atoms with Gasteiger partial charge in [-0.25, -0.2) is 9.37 Å². The van der Waals surface area contributed by atoms with E-state index < -0.39 is 11.7 Å². The lowest BCUT2D eigenvalue weighted by molar-refractivity contribution is 0.0941. The third-order valence-corrected chi connectivity index (χ3v) is 3.66. The van der Waals surface area contributed by atoms with Gasteiger partial charge in [-0.1, -0.05) is 29.4 Å². The molecule has 26 heavy (non-hydrogen) atoms. The summed E-state index contributed by atoms with van der Waals surface area (Å²) in [6.45, 7) is -0.00517. The molecule has 0 atom stereocenters. The number of nitrogens with one attached hydrogen (secondary N) is 1. The molecule has 0 bridgehead atoms. The average Bonchev–Trinajstić information content (AvgIpc) is 3.15. The third kappa shape index (κ3) is 3.12. The van der Waals surface area contributed by atoms with Gasteiger partial charge in [0.05, 0.1) is 29.3 Å². The number of carbonyl (C=O) groups is 1. The molecule has 0 aliphatic carbocycles. The number of para-hydroxylation sites is 2. The van der Waals surface area contributed by atoms with Crippen LogP contribution < -0.4 is 5.32 Å². The molecule has 8 heteroatoms. The fourth-order valence-electron chi connectivity index (χ4n) is 2.39. The topological polar surface area (TPSA) is 93.8 Å². The fraction of sp³-hybridized carbons (Fsp3) is 0.0556. The van der Waals surface area contributed by atoms with E-state index in [9.17, 15) is 9.18 Å². The first-order valence-corrected chi connectivity index (χ1v) is 7.78. The molecule has 0 saturated carbocycles. The second-order valence-electron chi connectivity index (χ2n) is 5.42. The fourth-order valence-corrected chi connectivity index (χ4v) is 2.39. The highest BCUT2D eigenvalue weighted by Gasteiger charge is 2.14. The molecular weight excluding hydrogens is 337 g/mol. The van der Waals surface area contributed by atoms with Crippen LogP contribution >= 0.6 is 0 Å². The molecule has 4 aromatic rings. The zero-order valence-electron chi connectivity index (χ0n) is 13.4. The van der Waals surface area contributed by atoms with Gasteiger partial charge >= 0.3 is 0 Å². The summed E-state index contributed by atoms with van der Waals surface area (Å²) in [5, 5.41) is 6.36. The summed E-state index contributed by atoms with van der Waals surface area (Å²) in [5.74, 6) is -0.590. The minimum absolute atomic E-state index is 0.00517. The van der Waals surface area contributed by atoms with Crippen molar-refractivity contribution >= 4 is 16.9 Å². The molecule has 0 aliphatic heterocycles. The second-order valence-corrected chi connectivity index (χ2v) is 5.42. The number of halogens is 1. The van der Waals surface area contributed by atoms with E-state index in [1.165, 1.54) is 12.3 Å². The van der Waals surface area contributed by atoms with Crippen LogP contribution in [-0.2, 0) is 6.54 Å². The molecule has 0 saturated heterocycles. The van der Waals surface area contributed by atoms with E-state index in [2.05, 4.69) is 25.4 Å². The van der Waals surface area contributed by atoms with Crippen molar-refractivity contribution in [2.45, 2.75) is 6.54 Å². The number of fused-ring (bicyclic) bond motifs is 1. The van der Waals surface area contributed by atoms with E-state index in [0.29, 0.717) is 11.0 Å². The first-order chi connectivity index (χ1) is 12.7. The number of benzene rings is 2. The zero-order valence-corrected chi connectivity index (χ0v) is 13.4. The van der Waals surface area contributed by atoms with E-state index in [-0.39, 0.29) is 29.5 Å². The van der Waals surface area contributed by atoms with Gasteiger partial charge in [-0.3, -0.25) is 9.78 Å². The number of amides is 1. The summed E-state index contributed by atoms with van der Waals surface area (Å²) in [6.07, 6.45) is 1.40. The minimum Gasteiger partial charge on any atom is -0.342 e. The van der Waals surface area contributed by atoms with Gasteiger partial charge in [0.1, 0.15) is 11.5 Å². The maximum atomic E-state index is 13.7. The van der Waals surface area contributed by atoms with Crippen molar-refractivity contribution in [3.05, 3.63) is 72.1 Å². The maximum absolute atomic E-state index is 13.7. The van der Waals surface area contributed by atoms with Crippen LogP contribution in [0.1, 0.15) is 16.4 Å². The Hall–Kier alpha value is -3.68. The van der Waals surface area contributed by atoms with Crippen molar-refractivity contribution in [1.29, 1.82) is 0 Å². The molecule has 0 radical (unpaired) electrons. The van der Waals surface area contributed by atoms with Gasteiger partial charge < -0.3 is 9.84 Å². The first-order valence-electron chi connectivity index (χ1n) is 7.78. The summed E-state index contributed by atoms with van der Waals surface area (Å²) in [7, 11) is 0. The number of aromatic nitrogens is 4. The minimum atomic E-state index is -0.449. The number of nitrogens with zero attached hydrogens (tertiary/aromatic N) is 4. The summed E-state index contributed by atoms with van der Waals surface area (Å²) in [6, 6.07) is 13.4. The lowest BCUT2D eigenvalue weighted by Gasteiger charge is -2.02. The molecule has 0 spiro atoms. The lowest BCUT2D eigenvalue weighted by Crippen LogP contribution is -2.24. The largest absolute Gasteiger partial charge is 0.342 e. The van der Waals surface area contributed by atoms with Crippen LogP contribution in [0, 0.1) is 5.82 Å². The molecule has 2 aromatic heterocycles. The van der Waals surface area contributed by atoms with Gasteiger partial charge in [0.15, 0.2) is 0 Å². The van der Waals surface area contributed by atoms with Gasteiger partial charge in [-0.2, -0.15) is 4.98 Å². The molecule has 0 unspecified atom stereocenters. The van der Waals surface area contributed by atoms with E-state index in [1.807, 2.05) is 18.2 Å². The monoisotopic (exact) mass is 349 g/mol. The van der Waals surface area contributed by atoms with Crippen molar-refractivity contribution in [3.8, 4) is 11.4 Å². The molecule has 2 aromatic carbocycles. The van der Waals surface area contributed by atoms with E-state index >= 15 is 0 Å². The van der Waals surface area contributed by atoms with Gasteiger partial charge in [-0.15, -0.1) is 0 Å². The molecule has 1 amide bonds. The Morgan fingerprint density at radius 1 is 1.04 bits per heavy atom. The summed E-state index contributed by atoms with van der Waals surface area (Å²) in [5.41, 5.74) is 1.74. The summed E-state index contributed by atoms with van der Waals surface area (Å²) < 4.78 is 18.8. The molecule has 7 nitrogen and oxygen atoms in total. The highest BCUT2D eigenvalue weighted by atomic mass is 19.1. The Kier molecular flexibility index (Phi) is 4.06. The number of rotatable bonds is 4. The maximum Gasteiger partial charge on any atom is 0.271 e. The van der Waals surface area contributed by atoms with E-state index in [1.54, 1.807) is 24.3 Å². The predicted molar refractivity (Wildman–Crippen MR) is 90.4 cm³/mol. The van der Waals surface area contributed by atoms with Crippen molar-refractivity contribution in [2.24, 2.45) is 0 Å². The van der Waals surface area contributed by atoms with Crippen molar-refractivity contribution in [1.82, 2.24) is 25.4 Å². The van der Waals surface area contributed by atoms with Crippen LogP contribution in [0.25, 0.3) is 22.4 Å². The Balaban J connectivity index is 1.47. The van der Waals surface area contributed by atoms with Crippen LogP contribution in [-0.4, -0.2) is 26.0 Å². The molecular formula is C18H12FN5O2. The SMILES string of the molecule is O=C(NCc1nc(-c2ccccc2F)no1)c1cnc2ccccc2n1. The van der Waals surface area contributed by atoms with Gasteiger partial charge in [0.25, 0.3) is 5.91 Å². The Labute approximate surface area is 146 Å². The predicted octanol–water partition coefficient (Wildman–Crippen LogP) is 2.75. The lowest BCUT2D eigenvalue weighted by atomic mass is 10.2. The molecule has 2 heterocycles. The van der Waals surface area contributed by atoms with Crippen LogP contribution in [0.2, 0.25) is 0 Å². The number of hydrogen-bond donors (Lipinski definition) is 1. The standard InChI is InChI=1S/C18H12FN5O2/c19-12-6-2-1-5-11(12)17-23-16(26-24-17)10-21-18(25)15-9-20-13-7-3-4-8-14(13)22-15/h1-9H,10H2,(H,21,25). The second kappa shape index (κ2) is 6.67. The Bertz CT molecular complexity index is 1100. The van der Waals surface area contributed by atoms with Crippen molar-refractivity contribution in [3.63, 3.8) is 0 Å². The van der Waals surface area contributed by atoms with Gasteiger partial charge in [0, 0.05) is 0 Å². The van der Waals surface area contributed by atoms with Crippen LogP contribution in [0.15, 0.2) is 59.3 Å². The average molecular weight is 349 g/mol.